The van der Waals surface area contributed by atoms with Crippen molar-refractivity contribution in [3.63, 3.8) is 0 Å². The van der Waals surface area contributed by atoms with Gasteiger partial charge >= 0.3 is 19.8 Å². The summed E-state index contributed by atoms with van der Waals surface area (Å²) in [5.74, 6) is -0.926. The average molecular weight is 1340 g/mol. The summed E-state index contributed by atoms with van der Waals surface area (Å²) in [6, 6.07) is 0. The highest BCUT2D eigenvalue weighted by Crippen LogP contribution is 2.43. The standard InChI is InChI=1S/C86H128NO8P/c1-6-8-10-12-14-16-18-20-22-24-26-28-30-32-34-36-38-40-41-42-43-44-45-47-49-51-53-55-57-59-61-63-65-67-69-71-73-75-77-79-86(89)95-84(83-94-96(90,91)93-81-80-87(3,4)5)82-92-85(88)78-76-74-72-70-68-66-64-62-60-58-56-54-52-50-48-46-39-37-35-33-31-29-27-25-23-21-19-17-15-13-11-9-7-2/h8-11,14-17,20-23,26-29,32-35,38-40,42-43,45-47,50-53,56-59,62-65,68-71,84H,6-7,12-13,18-19,24-25,30-31,36-37,41,44,48-49,54-55,60-61,66-67,72-83H2,1-5H3/p+1/b10-8-,11-9-,16-14-,17-15-,22-20-,23-21-,28-26-,29-27-,34-32-,35-33-,40-38-,43-42-,46-39-,47-45-,52-50-,53-51-,58-56-,59-57-,64-62-,65-63-,70-68-,71-69-. The van der Waals surface area contributed by atoms with E-state index in [2.05, 4.69) is 281 Å². The van der Waals surface area contributed by atoms with Gasteiger partial charge in [0, 0.05) is 12.8 Å². The van der Waals surface area contributed by atoms with E-state index in [1.54, 1.807) is 0 Å². The summed E-state index contributed by atoms with van der Waals surface area (Å²) in [5.41, 5.74) is 0. The zero-order valence-electron chi connectivity index (χ0n) is 60.2. The zero-order valence-corrected chi connectivity index (χ0v) is 61.1. The maximum absolute atomic E-state index is 12.9. The lowest BCUT2D eigenvalue weighted by molar-refractivity contribution is -0.870. The molecular formula is C86H129NO8P+. The number of phosphoric acid groups is 1. The second-order valence-corrected chi connectivity index (χ2v) is 25.3. The van der Waals surface area contributed by atoms with E-state index < -0.39 is 32.5 Å². The summed E-state index contributed by atoms with van der Waals surface area (Å²) in [7, 11) is 1.38. The molecule has 0 spiro atoms. The van der Waals surface area contributed by atoms with Gasteiger partial charge in [0.2, 0.25) is 0 Å². The SMILES string of the molecule is CC/C=C\C/C=C\C/C=C\C/C=C\C/C=C\C/C=C\C/C=C\C/C=C\C/C=C\C/C=C\C/C=C\C/C=C\CCCCC(=O)OC(COC(=O)CCCC/C=C\C/C=C\C/C=C\C/C=C\C/C=C\C/C=C\C/C=C\C/C=C\C/C=C\C/C=C\CC)COP(=O)(O)OCC[N+](C)(C)C. The third-order valence-corrected chi connectivity index (χ3v) is 14.7. The Hall–Kier alpha value is -6.71. The molecule has 0 aromatic heterocycles. The molecule has 0 radical (unpaired) electrons. The second-order valence-electron chi connectivity index (χ2n) is 23.8. The Morgan fingerprint density at radius 2 is 0.552 bits per heavy atom. The van der Waals surface area contributed by atoms with E-state index in [9.17, 15) is 19.0 Å². The number of allylic oxidation sites excluding steroid dienone is 44. The minimum atomic E-state index is -4.44. The van der Waals surface area contributed by atoms with Crippen LogP contribution in [0.3, 0.4) is 0 Å². The number of esters is 2. The molecule has 0 aliphatic heterocycles. The first-order valence-corrected chi connectivity index (χ1v) is 37.6. The molecule has 10 heteroatoms. The van der Waals surface area contributed by atoms with Crippen LogP contribution in [0.1, 0.15) is 206 Å². The Kier molecular flexibility index (Phi) is 67.5. The number of phosphoric ester groups is 1. The van der Waals surface area contributed by atoms with Crippen molar-refractivity contribution in [3.8, 4) is 0 Å². The molecule has 0 aromatic rings. The molecule has 0 rings (SSSR count). The molecule has 0 saturated carbocycles. The van der Waals surface area contributed by atoms with Crippen molar-refractivity contribution in [1.82, 2.24) is 0 Å². The van der Waals surface area contributed by atoms with Crippen LogP contribution in [0.5, 0.6) is 0 Å². The number of hydrogen-bond donors (Lipinski definition) is 1. The topological polar surface area (TPSA) is 108 Å². The zero-order chi connectivity index (χ0) is 69.7. The lowest BCUT2D eigenvalue weighted by Gasteiger charge is -2.24. The van der Waals surface area contributed by atoms with Crippen molar-refractivity contribution in [2.75, 3.05) is 47.5 Å². The Balaban J connectivity index is 4.33. The molecule has 1 N–H and O–H groups in total. The molecule has 0 heterocycles. The van der Waals surface area contributed by atoms with E-state index in [4.69, 9.17) is 18.5 Å². The van der Waals surface area contributed by atoms with Gasteiger partial charge < -0.3 is 18.9 Å². The summed E-state index contributed by atoms with van der Waals surface area (Å²) < 4.78 is 34.6. The molecule has 0 saturated heterocycles. The molecule has 2 atom stereocenters. The van der Waals surface area contributed by atoms with Gasteiger partial charge in [-0.05, 0) is 180 Å². The van der Waals surface area contributed by atoms with E-state index in [1.165, 1.54) is 0 Å². The molecule has 0 aliphatic carbocycles. The maximum Gasteiger partial charge on any atom is 0.472 e. The summed E-state index contributed by atoms with van der Waals surface area (Å²) in [6.45, 7) is 4.05. The highest BCUT2D eigenvalue weighted by Gasteiger charge is 2.27. The number of hydrogen-bond acceptors (Lipinski definition) is 7. The number of rotatable bonds is 62. The molecule has 0 aliphatic rings. The number of unbranched alkanes of at least 4 members (excludes halogenated alkanes) is 4. The van der Waals surface area contributed by atoms with E-state index in [1.807, 2.05) is 21.1 Å². The van der Waals surface area contributed by atoms with Crippen LogP contribution in [0.2, 0.25) is 0 Å². The minimum absolute atomic E-state index is 0.000612. The van der Waals surface area contributed by atoms with Gasteiger partial charge in [0.25, 0.3) is 0 Å². The van der Waals surface area contributed by atoms with Gasteiger partial charge in [-0.25, -0.2) is 4.57 Å². The molecule has 96 heavy (non-hydrogen) atoms. The smallest absolute Gasteiger partial charge is 0.462 e. The Labute approximate surface area is 586 Å². The number of ether oxygens (including phenoxy) is 2. The van der Waals surface area contributed by atoms with Crippen molar-refractivity contribution >= 4 is 19.8 Å². The molecule has 0 fully saturated rings. The van der Waals surface area contributed by atoms with Gasteiger partial charge in [-0.15, -0.1) is 0 Å². The molecule has 9 nitrogen and oxygen atoms in total. The number of likely N-dealkylation sites (N-methyl/N-ethyl adjacent to an activating group) is 1. The summed E-state index contributed by atoms with van der Waals surface area (Å²) in [4.78, 5) is 35.8. The normalized spacial score (nSPS) is 14.7. The van der Waals surface area contributed by atoms with Crippen molar-refractivity contribution in [3.05, 3.63) is 267 Å². The first-order valence-electron chi connectivity index (χ1n) is 36.1. The van der Waals surface area contributed by atoms with Gasteiger partial charge in [0.15, 0.2) is 6.10 Å². The lowest BCUT2D eigenvalue weighted by atomic mass is 10.1. The fourth-order valence-corrected chi connectivity index (χ4v) is 9.06. The minimum Gasteiger partial charge on any atom is -0.462 e. The summed E-state index contributed by atoms with van der Waals surface area (Å²) in [6.07, 6.45) is 122. The number of carbonyl (C=O) groups excluding carboxylic acids is 2. The van der Waals surface area contributed by atoms with Gasteiger partial charge in [0.05, 0.1) is 27.7 Å². The van der Waals surface area contributed by atoms with Crippen LogP contribution in [-0.2, 0) is 32.7 Å². The van der Waals surface area contributed by atoms with Crippen molar-refractivity contribution in [1.29, 1.82) is 0 Å². The van der Waals surface area contributed by atoms with Crippen molar-refractivity contribution in [2.24, 2.45) is 0 Å². The van der Waals surface area contributed by atoms with Gasteiger partial charge in [-0.1, -0.05) is 281 Å². The Morgan fingerprint density at radius 3 is 0.792 bits per heavy atom. The van der Waals surface area contributed by atoms with E-state index >= 15 is 0 Å². The monoisotopic (exact) mass is 1330 g/mol. The van der Waals surface area contributed by atoms with Crippen LogP contribution in [0.25, 0.3) is 0 Å². The number of carbonyl (C=O) groups is 2. The maximum atomic E-state index is 12.9. The fraction of sp³-hybridized carbons (Fsp3) is 0.465. The lowest BCUT2D eigenvalue weighted by Crippen LogP contribution is -2.37. The highest BCUT2D eigenvalue weighted by atomic mass is 31.2. The Morgan fingerprint density at radius 1 is 0.323 bits per heavy atom. The van der Waals surface area contributed by atoms with Crippen LogP contribution in [-0.4, -0.2) is 74.9 Å². The van der Waals surface area contributed by atoms with Gasteiger partial charge in [-0.2, -0.15) is 0 Å². The van der Waals surface area contributed by atoms with Crippen molar-refractivity contribution in [2.45, 2.75) is 213 Å². The van der Waals surface area contributed by atoms with Crippen LogP contribution in [0, 0.1) is 0 Å². The van der Waals surface area contributed by atoms with E-state index in [0.29, 0.717) is 23.9 Å². The predicted octanol–water partition coefficient (Wildman–Crippen LogP) is 24.3. The third kappa shape index (κ3) is 76.3. The fourth-order valence-electron chi connectivity index (χ4n) is 8.32. The number of nitrogens with zero attached hydrogens (tertiary/aromatic N) is 1. The first-order chi connectivity index (χ1) is 47.0. The third-order valence-electron chi connectivity index (χ3n) is 13.8. The average Bonchev–Trinajstić information content (AvgIpc) is 1.98. The van der Waals surface area contributed by atoms with Crippen molar-refractivity contribution < 1.29 is 42.1 Å². The van der Waals surface area contributed by atoms with Crippen LogP contribution >= 0.6 is 7.82 Å². The molecule has 0 aromatic carbocycles. The first kappa shape index (κ1) is 89.3. The molecule has 0 amide bonds. The number of quaternary nitrogens is 1. The van der Waals surface area contributed by atoms with Gasteiger partial charge in [0.1, 0.15) is 19.8 Å². The second kappa shape index (κ2) is 72.6. The van der Waals surface area contributed by atoms with Crippen LogP contribution < -0.4 is 0 Å². The van der Waals surface area contributed by atoms with E-state index in [-0.39, 0.29) is 26.1 Å². The largest absolute Gasteiger partial charge is 0.472 e. The molecule has 530 valence electrons. The van der Waals surface area contributed by atoms with Crippen LogP contribution in [0.4, 0.5) is 0 Å². The summed E-state index contributed by atoms with van der Waals surface area (Å²) in [5, 5.41) is 0. The van der Waals surface area contributed by atoms with E-state index in [0.717, 1.165) is 167 Å². The highest BCUT2D eigenvalue weighted by molar-refractivity contribution is 7.47. The van der Waals surface area contributed by atoms with Crippen LogP contribution in [0.15, 0.2) is 267 Å². The Bertz CT molecular complexity index is 2620. The predicted molar refractivity (Wildman–Crippen MR) is 416 cm³/mol. The molecule has 2 unspecified atom stereocenters. The molecule has 0 bridgehead atoms. The van der Waals surface area contributed by atoms with Gasteiger partial charge in [-0.3, -0.25) is 18.6 Å². The quantitative estimate of drug-likeness (QED) is 0.0211. The molecular weight excluding hydrogens is 1210 g/mol. The summed E-state index contributed by atoms with van der Waals surface area (Å²) >= 11 is 0.